The Kier molecular flexibility index (Phi) is 2.73. The number of ether oxygens (including phenoxy) is 1. The van der Waals surface area contributed by atoms with Gasteiger partial charge >= 0.3 is 22.7 Å². The first-order valence-corrected chi connectivity index (χ1v) is 4.74. The van der Waals surface area contributed by atoms with Gasteiger partial charge in [0.1, 0.15) is 12.9 Å². The summed E-state index contributed by atoms with van der Waals surface area (Å²) in [5.74, 6) is -0.593. The average Bonchev–Trinajstić information content (AvgIpc) is 2.65. The molecule has 0 aliphatic rings. The number of fused-ring (bicyclic) bond motifs is 1. The third-order valence-corrected chi connectivity index (χ3v) is 1.98. The van der Waals surface area contributed by atoms with Crippen LogP contribution < -0.4 is 10.5 Å². The lowest BCUT2D eigenvalue weighted by molar-refractivity contribution is -0.782. The molecule has 2 aromatic rings. The van der Waals surface area contributed by atoms with Gasteiger partial charge in [-0.2, -0.15) is 4.98 Å². The molecule has 9 heteroatoms. The number of carbonyl (C=O) groups is 1. The predicted molar refractivity (Wildman–Crippen MR) is 51.7 cm³/mol. The monoisotopic (exact) mass is 240 g/mol. The Hall–Kier alpha value is -2.45. The summed E-state index contributed by atoms with van der Waals surface area (Å²) in [6, 6.07) is 0. The summed E-state index contributed by atoms with van der Waals surface area (Å²) in [7, 11) is 0. The Balaban J connectivity index is 2.42. The van der Waals surface area contributed by atoms with Crippen molar-refractivity contribution in [3.63, 3.8) is 0 Å². The van der Waals surface area contributed by atoms with Gasteiger partial charge in [-0.25, -0.2) is 0 Å². The van der Waals surface area contributed by atoms with Gasteiger partial charge in [-0.1, -0.05) is 0 Å². The maximum atomic E-state index is 11.7. The molecule has 0 aromatic carbocycles. The Morgan fingerprint density at radius 2 is 2.47 bits per heavy atom. The van der Waals surface area contributed by atoms with Crippen LogP contribution in [0.4, 0.5) is 0 Å². The largest absolute Gasteiger partial charge is 0.465 e. The highest BCUT2D eigenvalue weighted by atomic mass is 16.8. The zero-order valence-electron chi connectivity index (χ0n) is 8.82. The number of nitrogens with zero attached hydrogens (tertiary/aromatic N) is 4. The average molecular weight is 240 g/mol. The van der Waals surface area contributed by atoms with Crippen LogP contribution in [0.5, 0.6) is 0 Å². The Morgan fingerprint density at radius 3 is 3.18 bits per heavy atom. The Bertz CT molecular complexity index is 616. The predicted octanol–water partition coefficient (Wildman–Crippen LogP) is -1.42. The molecule has 0 N–H and O–H groups in total. The molecule has 0 atom stereocenters. The van der Waals surface area contributed by atoms with Crippen molar-refractivity contribution in [2.75, 3.05) is 6.61 Å². The van der Waals surface area contributed by atoms with Crippen LogP contribution in [0, 0.1) is 5.21 Å². The lowest BCUT2D eigenvalue weighted by atomic mass is 10.5. The molecule has 0 bridgehead atoms. The summed E-state index contributed by atoms with van der Waals surface area (Å²) in [5, 5.41) is 14.4. The standard InChI is InChI=1S/C8H8N4O5/c1-2-16-5(13)3-11-4-9-7-6(8(11)14)12(15)17-10-7/h4H,2-3H2,1H3. The number of hydrogen-bond donors (Lipinski definition) is 0. The fourth-order valence-electron chi connectivity index (χ4n) is 1.27. The van der Waals surface area contributed by atoms with Gasteiger partial charge in [-0.05, 0) is 11.8 Å². The minimum atomic E-state index is -0.709. The quantitative estimate of drug-likeness (QED) is 0.477. The smallest absolute Gasteiger partial charge is 0.347 e. The van der Waals surface area contributed by atoms with Crippen molar-refractivity contribution in [3.8, 4) is 0 Å². The van der Waals surface area contributed by atoms with Crippen LogP contribution in [0.15, 0.2) is 15.8 Å². The Morgan fingerprint density at radius 1 is 1.71 bits per heavy atom. The lowest BCUT2D eigenvalue weighted by Crippen LogP contribution is -2.34. The van der Waals surface area contributed by atoms with Crippen molar-refractivity contribution < 1.29 is 19.1 Å². The van der Waals surface area contributed by atoms with Crippen LogP contribution in [0.25, 0.3) is 11.2 Å². The van der Waals surface area contributed by atoms with E-state index in [9.17, 15) is 14.8 Å². The molecule has 0 spiro atoms. The fourth-order valence-corrected chi connectivity index (χ4v) is 1.27. The second-order valence-corrected chi connectivity index (χ2v) is 3.08. The minimum absolute atomic E-state index is 0.0493. The van der Waals surface area contributed by atoms with Gasteiger partial charge in [0.2, 0.25) is 0 Å². The molecule has 0 aliphatic heterocycles. The summed E-state index contributed by atoms with van der Waals surface area (Å²) in [5.41, 5.74) is -1.17. The molecule has 2 rings (SSSR count). The van der Waals surface area contributed by atoms with Crippen molar-refractivity contribution in [1.82, 2.24) is 14.7 Å². The molecule has 90 valence electrons. The van der Waals surface area contributed by atoms with Gasteiger partial charge in [0, 0.05) is 0 Å². The van der Waals surface area contributed by atoms with E-state index >= 15 is 0 Å². The molecule has 2 heterocycles. The number of aromatic nitrogens is 4. The van der Waals surface area contributed by atoms with E-state index in [0.29, 0.717) is 0 Å². The fraction of sp³-hybridized carbons (Fsp3) is 0.375. The molecule has 0 radical (unpaired) electrons. The van der Waals surface area contributed by atoms with Crippen LogP contribution in [-0.4, -0.2) is 27.3 Å². The summed E-state index contributed by atoms with van der Waals surface area (Å²) in [6.07, 6.45) is 1.10. The van der Waals surface area contributed by atoms with Gasteiger partial charge in [-0.3, -0.25) is 18.8 Å². The van der Waals surface area contributed by atoms with E-state index in [1.54, 1.807) is 6.92 Å². The molecule has 0 fully saturated rings. The second-order valence-electron chi connectivity index (χ2n) is 3.08. The SMILES string of the molecule is CCOC(=O)Cn1cnc2no[n+]([O-])c2c1=O. The molecule has 0 amide bonds. The first-order valence-electron chi connectivity index (χ1n) is 4.74. The molecule has 17 heavy (non-hydrogen) atoms. The van der Waals surface area contributed by atoms with E-state index in [2.05, 4.69) is 19.5 Å². The first-order chi connectivity index (χ1) is 8.13. The maximum absolute atomic E-state index is 11.7. The van der Waals surface area contributed by atoms with Crippen LogP contribution in [-0.2, 0) is 16.1 Å². The van der Waals surface area contributed by atoms with Crippen molar-refractivity contribution >= 4 is 17.1 Å². The van der Waals surface area contributed by atoms with Crippen LogP contribution in [0.3, 0.4) is 0 Å². The Labute approximate surface area is 93.8 Å². The molecule has 2 aromatic heterocycles. The zero-order chi connectivity index (χ0) is 12.4. The minimum Gasteiger partial charge on any atom is -0.465 e. The summed E-state index contributed by atoms with van der Waals surface area (Å²) >= 11 is 0. The number of hydrogen-bond acceptors (Lipinski definition) is 7. The number of carbonyl (C=O) groups excluding carboxylic acids is 1. The van der Waals surface area contributed by atoms with Crippen molar-refractivity contribution in [2.24, 2.45) is 0 Å². The number of rotatable bonds is 3. The number of esters is 1. The summed E-state index contributed by atoms with van der Waals surface area (Å²) < 4.78 is 9.85. The second kappa shape index (κ2) is 4.20. The maximum Gasteiger partial charge on any atom is 0.347 e. The van der Waals surface area contributed by atoms with Crippen molar-refractivity contribution in [3.05, 3.63) is 21.9 Å². The van der Waals surface area contributed by atoms with E-state index in [-0.39, 0.29) is 29.2 Å². The van der Waals surface area contributed by atoms with Crippen molar-refractivity contribution in [2.45, 2.75) is 13.5 Å². The third-order valence-electron chi connectivity index (χ3n) is 1.98. The van der Waals surface area contributed by atoms with E-state index in [0.717, 1.165) is 10.9 Å². The third kappa shape index (κ3) is 1.94. The summed E-state index contributed by atoms with van der Waals surface area (Å²) in [6.45, 7) is 1.53. The first kappa shape index (κ1) is 11.0. The van der Waals surface area contributed by atoms with E-state index in [1.807, 2.05) is 0 Å². The highest BCUT2D eigenvalue weighted by Gasteiger charge is 2.18. The van der Waals surface area contributed by atoms with E-state index < -0.39 is 11.5 Å². The molecule has 0 unspecified atom stereocenters. The van der Waals surface area contributed by atoms with Crippen LogP contribution in [0.1, 0.15) is 6.92 Å². The van der Waals surface area contributed by atoms with Gasteiger partial charge in [0.25, 0.3) is 0 Å². The van der Waals surface area contributed by atoms with E-state index in [1.165, 1.54) is 0 Å². The van der Waals surface area contributed by atoms with Gasteiger partial charge in [-0.15, -0.1) is 0 Å². The normalized spacial score (nSPS) is 10.6. The van der Waals surface area contributed by atoms with Gasteiger partial charge in [0.15, 0.2) is 0 Å². The molecular weight excluding hydrogens is 232 g/mol. The zero-order valence-corrected chi connectivity index (χ0v) is 8.82. The molecule has 0 saturated carbocycles. The molecule has 0 aliphatic carbocycles. The molecule has 0 saturated heterocycles. The highest BCUT2D eigenvalue weighted by Crippen LogP contribution is 1.96. The van der Waals surface area contributed by atoms with Gasteiger partial charge in [0.05, 0.1) is 11.8 Å². The van der Waals surface area contributed by atoms with Crippen molar-refractivity contribution in [1.29, 1.82) is 0 Å². The van der Waals surface area contributed by atoms with E-state index in [4.69, 9.17) is 0 Å². The van der Waals surface area contributed by atoms with Crippen LogP contribution in [0.2, 0.25) is 0 Å². The summed E-state index contributed by atoms with van der Waals surface area (Å²) in [4.78, 5) is 26.6. The highest BCUT2D eigenvalue weighted by molar-refractivity contribution is 5.70. The lowest BCUT2D eigenvalue weighted by Gasteiger charge is -2.02. The van der Waals surface area contributed by atoms with Gasteiger partial charge < -0.3 is 9.94 Å². The topological polar surface area (TPSA) is 114 Å². The van der Waals surface area contributed by atoms with Crippen LogP contribution >= 0.6 is 0 Å². The molecular formula is C8H8N4O5. The molecule has 9 nitrogen and oxygen atoms in total.